The van der Waals surface area contributed by atoms with Crippen LogP contribution in [0.5, 0.6) is 0 Å². The second kappa shape index (κ2) is 7.96. The van der Waals surface area contributed by atoms with Crippen molar-refractivity contribution in [3.05, 3.63) is 47.3 Å². The van der Waals surface area contributed by atoms with Crippen molar-refractivity contribution in [2.45, 2.75) is 30.8 Å². The van der Waals surface area contributed by atoms with Crippen LogP contribution in [0, 0.1) is 11.6 Å². The number of rotatable bonds is 6. The van der Waals surface area contributed by atoms with Crippen molar-refractivity contribution in [1.82, 2.24) is 14.8 Å². The van der Waals surface area contributed by atoms with Gasteiger partial charge in [0.2, 0.25) is 5.91 Å². The van der Waals surface area contributed by atoms with Crippen LogP contribution in [0.25, 0.3) is 10.7 Å². The van der Waals surface area contributed by atoms with Crippen molar-refractivity contribution in [3.63, 3.8) is 0 Å². The first-order valence-electron chi connectivity index (χ1n) is 7.89. The number of nitrogens with zero attached hydrogens (tertiary/aromatic N) is 3. The Bertz CT molecular complexity index is 912. The van der Waals surface area contributed by atoms with E-state index in [1.54, 1.807) is 18.3 Å². The van der Waals surface area contributed by atoms with Gasteiger partial charge in [-0.25, -0.2) is 8.78 Å². The highest BCUT2D eigenvalue weighted by molar-refractivity contribution is 8.00. The maximum atomic E-state index is 13.7. The van der Waals surface area contributed by atoms with Crippen molar-refractivity contribution in [2.75, 3.05) is 5.32 Å². The van der Waals surface area contributed by atoms with Crippen LogP contribution in [0.4, 0.5) is 14.5 Å². The molecule has 0 bridgehead atoms. The molecule has 0 spiro atoms. The normalized spacial score (nSPS) is 12.2. The topological polar surface area (TPSA) is 59.8 Å². The van der Waals surface area contributed by atoms with E-state index in [9.17, 15) is 13.6 Å². The summed E-state index contributed by atoms with van der Waals surface area (Å²) in [5.74, 6) is -1.00. The third-order valence-electron chi connectivity index (χ3n) is 3.61. The standard InChI is InChI=1S/C17H16F2N4OS2/c1-3-23-15(14-5-4-8-25-14)21-22-17(23)26-10(2)16(24)20-13-9-11(18)6-7-12(13)19/h4-10H,3H2,1-2H3,(H,20,24)/t10-/m1/s1. The molecule has 1 N–H and O–H groups in total. The lowest BCUT2D eigenvalue weighted by molar-refractivity contribution is -0.115. The maximum Gasteiger partial charge on any atom is 0.237 e. The molecule has 0 unspecified atom stereocenters. The van der Waals surface area contributed by atoms with Gasteiger partial charge in [0, 0.05) is 12.6 Å². The molecule has 26 heavy (non-hydrogen) atoms. The fourth-order valence-electron chi connectivity index (χ4n) is 2.29. The highest BCUT2D eigenvalue weighted by Crippen LogP contribution is 2.29. The predicted octanol–water partition coefficient (Wildman–Crippen LogP) is 4.42. The third kappa shape index (κ3) is 3.94. The van der Waals surface area contributed by atoms with Crippen molar-refractivity contribution in [3.8, 4) is 10.7 Å². The van der Waals surface area contributed by atoms with Crippen LogP contribution in [-0.2, 0) is 11.3 Å². The molecule has 1 aromatic carbocycles. The number of hydrogen-bond donors (Lipinski definition) is 1. The number of anilines is 1. The minimum absolute atomic E-state index is 0.182. The summed E-state index contributed by atoms with van der Waals surface area (Å²) in [5, 5.41) is 12.8. The van der Waals surface area contributed by atoms with Gasteiger partial charge < -0.3 is 9.88 Å². The van der Waals surface area contributed by atoms with Crippen LogP contribution in [-0.4, -0.2) is 25.9 Å². The highest BCUT2D eigenvalue weighted by Gasteiger charge is 2.21. The van der Waals surface area contributed by atoms with E-state index >= 15 is 0 Å². The molecule has 9 heteroatoms. The van der Waals surface area contributed by atoms with Gasteiger partial charge in [-0.2, -0.15) is 0 Å². The van der Waals surface area contributed by atoms with Gasteiger partial charge in [-0.1, -0.05) is 17.8 Å². The summed E-state index contributed by atoms with van der Waals surface area (Å²) in [6, 6.07) is 6.82. The summed E-state index contributed by atoms with van der Waals surface area (Å²) in [6.07, 6.45) is 0. The first-order valence-corrected chi connectivity index (χ1v) is 9.65. The summed E-state index contributed by atoms with van der Waals surface area (Å²) >= 11 is 2.78. The zero-order valence-electron chi connectivity index (χ0n) is 14.1. The SMILES string of the molecule is CCn1c(S[C@H](C)C(=O)Nc2cc(F)ccc2F)nnc1-c1cccs1. The monoisotopic (exact) mass is 394 g/mol. The minimum Gasteiger partial charge on any atom is -0.323 e. The zero-order chi connectivity index (χ0) is 18.7. The number of carbonyl (C=O) groups is 1. The lowest BCUT2D eigenvalue weighted by Crippen LogP contribution is -2.23. The van der Waals surface area contributed by atoms with Gasteiger partial charge in [0.15, 0.2) is 11.0 Å². The van der Waals surface area contributed by atoms with Crippen molar-refractivity contribution in [2.24, 2.45) is 0 Å². The summed E-state index contributed by atoms with van der Waals surface area (Å²) in [5.41, 5.74) is -0.182. The summed E-state index contributed by atoms with van der Waals surface area (Å²) < 4.78 is 28.8. The molecular weight excluding hydrogens is 378 g/mol. The molecule has 0 fully saturated rings. The van der Waals surface area contributed by atoms with Gasteiger partial charge in [-0.3, -0.25) is 4.79 Å². The Morgan fingerprint density at radius 3 is 2.85 bits per heavy atom. The highest BCUT2D eigenvalue weighted by atomic mass is 32.2. The molecular formula is C17H16F2N4OS2. The van der Waals surface area contributed by atoms with E-state index in [4.69, 9.17) is 0 Å². The van der Waals surface area contributed by atoms with E-state index in [2.05, 4.69) is 15.5 Å². The number of thioether (sulfide) groups is 1. The molecule has 136 valence electrons. The number of thiophene rings is 1. The van der Waals surface area contributed by atoms with Crippen molar-refractivity contribution >= 4 is 34.7 Å². The largest absolute Gasteiger partial charge is 0.323 e. The number of aromatic nitrogens is 3. The van der Waals surface area contributed by atoms with E-state index in [1.165, 1.54) is 11.8 Å². The molecule has 1 amide bonds. The average molecular weight is 394 g/mol. The molecule has 0 saturated carbocycles. The fourth-order valence-corrected chi connectivity index (χ4v) is 3.92. The maximum absolute atomic E-state index is 13.7. The van der Waals surface area contributed by atoms with Gasteiger partial charge in [-0.15, -0.1) is 21.5 Å². The number of carbonyl (C=O) groups excluding carboxylic acids is 1. The summed E-state index contributed by atoms with van der Waals surface area (Å²) in [7, 11) is 0. The molecule has 1 atom stereocenters. The number of nitrogens with one attached hydrogen (secondary N) is 1. The molecule has 3 rings (SSSR count). The van der Waals surface area contributed by atoms with Gasteiger partial charge >= 0.3 is 0 Å². The quantitative estimate of drug-likeness (QED) is 0.629. The Kier molecular flexibility index (Phi) is 5.67. The van der Waals surface area contributed by atoms with Gasteiger partial charge in [-0.05, 0) is 37.4 Å². The molecule has 0 saturated heterocycles. The van der Waals surface area contributed by atoms with E-state index in [0.717, 1.165) is 28.9 Å². The molecule has 5 nitrogen and oxygen atoms in total. The van der Waals surface area contributed by atoms with Gasteiger partial charge in [0.25, 0.3) is 0 Å². The predicted molar refractivity (Wildman–Crippen MR) is 99.3 cm³/mol. The van der Waals surface area contributed by atoms with E-state index in [1.807, 2.05) is 29.0 Å². The Labute approximate surface area is 157 Å². The third-order valence-corrected chi connectivity index (χ3v) is 5.56. The number of hydrogen-bond acceptors (Lipinski definition) is 5. The summed E-state index contributed by atoms with van der Waals surface area (Å²) in [4.78, 5) is 13.3. The first-order chi connectivity index (χ1) is 12.5. The minimum atomic E-state index is -0.686. The van der Waals surface area contributed by atoms with Crippen molar-refractivity contribution in [1.29, 1.82) is 0 Å². The van der Waals surface area contributed by atoms with Gasteiger partial charge in [0.05, 0.1) is 15.8 Å². The van der Waals surface area contributed by atoms with Gasteiger partial charge in [0.1, 0.15) is 11.6 Å². The lowest BCUT2D eigenvalue weighted by Gasteiger charge is -2.13. The second-order valence-corrected chi connectivity index (χ2v) is 7.66. The van der Waals surface area contributed by atoms with Crippen LogP contribution in [0.3, 0.4) is 0 Å². The molecule has 2 heterocycles. The summed E-state index contributed by atoms with van der Waals surface area (Å²) in [6.45, 7) is 4.30. The molecule has 0 radical (unpaired) electrons. The molecule has 0 aliphatic carbocycles. The number of amides is 1. The first kappa shape index (κ1) is 18.5. The molecule has 0 aliphatic heterocycles. The van der Waals surface area contributed by atoms with Crippen LogP contribution in [0.15, 0.2) is 40.9 Å². The number of halogens is 2. The Balaban J connectivity index is 1.74. The van der Waals surface area contributed by atoms with Crippen molar-refractivity contribution < 1.29 is 13.6 Å². The van der Waals surface area contributed by atoms with Crippen LogP contribution < -0.4 is 5.32 Å². The average Bonchev–Trinajstić information content (AvgIpc) is 3.27. The van der Waals surface area contributed by atoms with E-state index < -0.39 is 22.8 Å². The Morgan fingerprint density at radius 2 is 2.15 bits per heavy atom. The van der Waals surface area contributed by atoms with Crippen LogP contribution in [0.1, 0.15) is 13.8 Å². The van der Waals surface area contributed by atoms with Crippen LogP contribution in [0.2, 0.25) is 0 Å². The molecule has 3 aromatic rings. The molecule has 0 aliphatic rings. The Morgan fingerprint density at radius 1 is 1.35 bits per heavy atom. The number of benzene rings is 1. The second-order valence-electron chi connectivity index (χ2n) is 5.40. The lowest BCUT2D eigenvalue weighted by atomic mass is 10.3. The van der Waals surface area contributed by atoms with Crippen LogP contribution >= 0.6 is 23.1 Å². The molecule has 2 aromatic heterocycles. The van der Waals surface area contributed by atoms with E-state index in [-0.39, 0.29) is 5.69 Å². The Hall–Kier alpha value is -2.26. The van der Waals surface area contributed by atoms with E-state index in [0.29, 0.717) is 11.7 Å². The zero-order valence-corrected chi connectivity index (χ0v) is 15.7. The smallest absolute Gasteiger partial charge is 0.237 e. The fraction of sp³-hybridized carbons (Fsp3) is 0.235.